The van der Waals surface area contributed by atoms with Crippen LogP contribution in [-0.2, 0) is 11.3 Å². The molecule has 0 spiro atoms. The molecule has 110 valence electrons. The summed E-state index contributed by atoms with van der Waals surface area (Å²) >= 11 is 0. The van der Waals surface area contributed by atoms with E-state index in [0.717, 1.165) is 13.0 Å². The molecule has 1 aliphatic heterocycles. The van der Waals surface area contributed by atoms with Crippen LogP contribution in [0.4, 0.5) is 4.39 Å². The monoisotopic (exact) mass is 281 g/mol. The second-order valence-corrected chi connectivity index (χ2v) is 4.90. The molecule has 0 bridgehead atoms. The second kappa shape index (κ2) is 6.67. The molecule has 1 heterocycles. The summed E-state index contributed by atoms with van der Waals surface area (Å²) in [6.07, 6.45) is 0.976. The molecule has 0 aromatic heterocycles. The van der Waals surface area contributed by atoms with Crippen LogP contribution in [0.2, 0.25) is 0 Å². The number of amidine groups is 1. The number of morpholine rings is 1. The molecule has 1 aromatic carbocycles. The highest BCUT2D eigenvalue weighted by atomic mass is 19.1. The second-order valence-electron chi connectivity index (χ2n) is 4.90. The molecule has 2 rings (SSSR count). The van der Waals surface area contributed by atoms with Crippen LogP contribution in [0, 0.1) is 5.82 Å². The summed E-state index contributed by atoms with van der Waals surface area (Å²) in [4.78, 5) is 2.23. The molecule has 0 radical (unpaired) electrons. The Kier molecular flexibility index (Phi) is 4.92. The molecule has 3 N–H and O–H groups in total. The fraction of sp³-hybridized carbons (Fsp3) is 0.500. The molecule has 1 fully saturated rings. The van der Waals surface area contributed by atoms with Crippen LogP contribution < -0.4 is 5.73 Å². The molecule has 6 heteroatoms. The summed E-state index contributed by atoms with van der Waals surface area (Å²) < 4.78 is 19.5. The van der Waals surface area contributed by atoms with Crippen molar-refractivity contribution < 1.29 is 14.3 Å². The zero-order valence-corrected chi connectivity index (χ0v) is 11.6. The summed E-state index contributed by atoms with van der Waals surface area (Å²) in [6.45, 7) is 4.83. The molecule has 1 atom stereocenters. The van der Waals surface area contributed by atoms with Gasteiger partial charge in [0.2, 0.25) is 0 Å². The zero-order valence-electron chi connectivity index (χ0n) is 11.6. The molecular formula is C14H20FN3O2. The van der Waals surface area contributed by atoms with Crippen LogP contribution in [0.15, 0.2) is 23.4 Å². The number of rotatable bonds is 4. The van der Waals surface area contributed by atoms with Gasteiger partial charge in [0.15, 0.2) is 5.84 Å². The Hall–Kier alpha value is -1.66. The summed E-state index contributed by atoms with van der Waals surface area (Å²) in [5, 5.41) is 11.5. The van der Waals surface area contributed by atoms with Crippen molar-refractivity contribution in [3.63, 3.8) is 0 Å². The Balaban J connectivity index is 2.13. The molecular weight excluding hydrogens is 261 g/mol. The molecule has 1 unspecified atom stereocenters. The predicted octanol–water partition coefficient (Wildman–Crippen LogP) is 1.53. The smallest absolute Gasteiger partial charge is 0.170 e. The third-order valence-corrected chi connectivity index (χ3v) is 3.65. The van der Waals surface area contributed by atoms with Gasteiger partial charge in [0.25, 0.3) is 0 Å². The van der Waals surface area contributed by atoms with Crippen molar-refractivity contribution in [1.29, 1.82) is 0 Å². The maximum absolute atomic E-state index is 14.1. The molecule has 0 saturated carbocycles. The maximum Gasteiger partial charge on any atom is 0.170 e. The van der Waals surface area contributed by atoms with Crippen LogP contribution in [0.5, 0.6) is 0 Å². The van der Waals surface area contributed by atoms with Gasteiger partial charge in [-0.25, -0.2) is 4.39 Å². The summed E-state index contributed by atoms with van der Waals surface area (Å²) in [5.74, 6) is -0.427. The van der Waals surface area contributed by atoms with Gasteiger partial charge in [0, 0.05) is 30.3 Å². The van der Waals surface area contributed by atoms with Crippen molar-refractivity contribution in [2.75, 3.05) is 19.8 Å². The minimum atomic E-state index is -0.338. The first-order valence-electron chi connectivity index (χ1n) is 6.73. The van der Waals surface area contributed by atoms with Crippen LogP contribution in [-0.4, -0.2) is 41.7 Å². The largest absolute Gasteiger partial charge is 0.409 e. The Labute approximate surface area is 117 Å². The van der Waals surface area contributed by atoms with E-state index in [4.69, 9.17) is 15.7 Å². The van der Waals surface area contributed by atoms with Crippen molar-refractivity contribution in [3.05, 3.63) is 35.1 Å². The minimum Gasteiger partial charge on any atom is -0.409 e. The molecule has 1 saturated heterocycles. The first kappa shape index (κ1) is 14.7. The van der Waals surface area contributed by atoms with Gasteiger partial charge in [0.05, 0.1) is 13.2 Å². The summed E-state index contributed by atoms with van der Waals surface area (Å²) in [5.41, 5.74) is 6.44. The van der Waals surface area contributed by atoms with E-state index in [2.05, 4.69) is 17.0 Å². The number of benzene rings is 1. The first-order valence-corrected chi connectivity index (χ1v) is 6.73. The standard InChI is InChI=1S/C14H20FN3O2/c1-2-12-9-20-6-5-18(12)8-11-4-3-10(7-13(11)15)14(16)17-19/h3-4,7,12,19H,2,5-6,8-9H2,1H3,(H2,16,17). The fourth-order valence-electron chi connectivity index (χ4n) is 2.38. The van der Waals surface area contributed by atoms with Crippen LogP contribution >= 0.6 is 0 Å². The Morgan fingerprint density at radius 2 is 2.40 bits per heavy atom. The summed E-state index contributed by atoms with van der Waals surface area (Å²) in [6, 6.07) is 4.97. The molecule has 5 nitrogen and oxygen atoms in total. The van der Waals surface area contributed by atoms with Crippen LogP contribution in [0.3, 0.4) is 0 Å². The van der Waals surface area contributed by atoms with Gasteiger partial charge in [-0.05, 0) is 12.5 Å². The van der Waals surface area contributed by atoms with Gasteiger partial charge in [-0.3, -0.25) is 4.90 Å². The van der Waals surface area contributed by atoms with E-state index in [0.29, 0.717) is 36.9 Å². The van der Waals surface area contributed by atoms with Crippen molar-refractivity contribution in [3.8, 4) is 0 Å². The number of hydrogen-bond acceptors (Lipinski definition) is 4. The lowest BCUT2D eigenvalue weighted by Gasteiger charge is -2.35. The SMILES string of the molecule is CCC1COCCN1Cc1ccc(/C(N)=N/O)cc1F. The van der Waals surface area contributed by atoms with E-state index in [1.54, 1.807) is 12.1 Å². The number of hydrogen-bond donors (Lipinski definition) is 2. The maximum atomic E-state index is 14.1. The van der Waals surface area contributed by atoms with E-state index in [1.807, 2.05) is 0 Å². The van der Waals surface area contributed by atoms with E-state index in [-0.39, 0.29) is 11.7 Å². The van der Waals surface area contributed by atoms with E-state index >= 15 is 0 Å². The lowest BCUT2D eigenvalue weighted by molar-refractivity contribution is -0.0131. The highest BCUT2D eigenvalue weighted by Crippen LogP contribution is 2.18. The fourth-order valence-corrected chi connectivity index (χ4v) is 2.38. The van der Waals surface area contributed by atoms with E-state index in [1.165, 1.54) is 6.07 Å². The molecule has 1 aliphatic rings. The Morgan fingerprint density at radius 1 is 1.60 bits per heavy atom. The number of nitrogens with two attached hydrogens (primary N) is 1. The van der Waals surface area contributed by atoms with Gasteiger partial charge in [-0.15, -0.1) is 0 Å². The number of oxime groups is 1. The number of halogens is 1. The Morgan fingerprint density at radius 3 is 3.05 bits per heavy atom. The van der Waals surface area contributed by atoms with E-state index in [9.17, 15) is 4.39 Å². The molecule has 20 heavy (non-hydrogen) atoms. The third kappa shape index (κ3) is 3.26. The van der Waals surface area contributed by atoms with Gasteiger partial charge < -0.3 is 15.7 Å². The molecule has 0 amide bonds. The van der Waals surface area contributed by atoms with Gasteiger partial charge >= 0.3 is 0 Å². The van der Waals surface area contributed by atoms with Gasteiger partial charge in [-0.1, -0.05) is 24.2 Å². The van der Waals surface area contributed by atoms with Crippen molar-refractivity contribution in [2.24, 2.45) is 10.9 Å². The molecule has 0 aliphatic carbocycles. The molecule has 1 aromatic rings. The van der Waals surface area contributed by atoms with Crippen LogP contribution in [0.25, 0.3) is 0 Å². The van der Waals surface area contributed by atoms with E-state index < -0.39 is 0 Å². The van der Waals surface area contributed by atoms with Crippen molar-refractivity contribution in [1.82, 2.24) is 4.90 Å². The highest BCUT2D eigenvalue weighted by molar-refractivity contribution is 5.97. The zero-order chi connectivity index (χ0) is 14.5. The number of ether oxygens (including phenoxy) is 1. The lowest BCUT2D eigenvalue weighted by Crippen LogP contribution is -2.44. The highest BCUT2D eigenvalue weighted by Gasteiger charge is 2.22. The summed E-state index contributed by atoms with van der Waals surface area (Å²) in [7, 11) is 0. The first-order chi connectivity index (χ1) is 9.65. The van der Waals surface area contributed by atoms with Gasteiger partial charge in [-0.2, -0.15) is 0 Å². The third-order valence-electron chi connectivity index (χ3n) is 3.65. The van der Waals surface area contributed by atoms with Gasteiger partial charge in [0.1, 0.15) is 5.82 Å². The predicted molar refractivity (Wildman–Crippen MR) is 74.2 cm³/mol. The number of nitrogens with zero attached hydrogens (tertiary/aromatic N) is 2. The quantitative estimate of drug-likeness (QED) is 0.380. The minimum absolute atomic E-state index is 0.0896. The van der Waals surface area contributed by atoms with Crippen molar-refractivity contribution in [2.45, 2.75) is 25.9 Å². The topological polar surface area (TPSA) is 71.1 Å². The van der Waals surface area contributed by atoms with Crippen molar-refractivity contribution >= 4 is 5.84 Å². The Bertz CT molecular complexity index is 493. The average molecular weight is 281 g/mol. The normalized spacial score (nSPS) is 21.1. The average Bonchev–Trinajstić information content (AvgIpc) is 2.49. The lowest BCUT2D eigenvalue weighted by atomic mass is 10.1. The van der Waals surface area contributed by atoms with Crippen LogP contribution in [0.1, 0.15) is 24.5 Å².